The average molecular weight is 405 g/mol. The van der Waals surface area contributed by atoms with Gasteiger partial charge in [0, 0.05) is 23.7 Å². The summed E-state index contributed by atoms with van der Waals surface area (Å²) in [6.45, 7) is 3.53. The third kappa shape index (κ3) is 4.32. The second-order valence-electron chi connectivity index (χ2n) is 7.10. The minimum absolute atomic E-state index is 0.134. The Hall–Kier alpha value is -1.95. The molecule has 7 heteroatoms. The molecule has 2 aromatic carbocycles. The van der Waals surface area contributed by atoms with E-state index in [1.165, 1.54) is 0 Å². The van der Waals surface area contributed by atoms with Crippen LogP contribution in [0.2, 0.25) is 10.0 Å². The van der Waals surface area contributed by atoms with Gasteiger partial charge in [-0.1, -0.05) is 35.3 Å². The highest BCUT2D eigenvalue weighted by Gasteiger charge is 2.21. The maximum atomic E-state index is 10.1. The maximum Gasteiger partial charge on any atom is 0.201 e. The van der Waals surface area contributed by atoms with Gasteiger partial charge in [-0.05, 0) is 56.1 Å². The van der Waals surface area contributed by atoms with Gasteiger partial charge in [0.15, 0.2) is 0 Å². The molecule has 27 heavy (non-hydrogen) atoms. The lowest BCUT2D eigenvalue weighted by atomic mass is 9.96. The summed E-state index contributed by atoms with van der Waals surface area (Å²) in [6, 6.07) is 11.4. The van der Waals surface area contributed by atoms with Crippen LogP contribution in [0.1, 0.15) is 18.4 Å². The molecule has 0 spiro atoms. The Bertz CT molecular complexity index is 902. The molecule has 0 aliphatic carbocycles. The zero-order valence-corrected chi connectivity index (χ0v) is 16.4. The molecule has 1 saturated heterocycles. The Balaban J connectivity index is 1.29. The van der Waals surface area contributed by atoms with Crippen LogP contribution in [0.5, 0.6) is 5.75 Å². The maximum absolute atomic E-state index is 10.1. The highest BCUT2D eigenvalue weighted by molar-refractivity contribution is 6.35. The quantitative estimate of drug-likeness (QED) is 0.565. The Morgan fingerprint density at radius 3 is 2.74 bits per heavy atom. The van der Waals surface area contributed by atoms with E-state index >= 15 is 0 Å². The molecule has 3 N–H and O–H groups in total. The number of H-pyrrole nitrogens is 1. The van der Waals surface area contributed by atoms with Gasteiger partial charge in [0.05, 0.1) is 16.1 Å². The number of para-hydroxylation sites is 2. The van der Waals surface area contributed by atoms with E-state index in [2.05, 4.69) is 20.2 Å². The van der Waals surface area contributed by atoms with Gasteiger partial charge < -0.3 is 15.4 Å². The summed E-state index contributed by atoms with van der Waals surface area (Å²) in [4.78, 5) is 10.2. The number of piperidine rings is 1. The molecule has 1 fully saturated rings. The van der Waals surface area contributed by atoms with Crippen LogP contribution >= 0.6 is 23.2 Å². The molecule has 3 aromatic rings. The predicted octanol–water partition coefficient (Wildman–Crippen LogP) is 4.90. The summed E-state index contributed by atoms with van der Waals surface area (Å²) in [6.07, 6.45) is 2.20. The first-order valence-corrected chi connectivity index (χ1v) is 9.92. The largest absolute Gasteiger partial charge is 0.506 e. The Labute approximate surface area is 168 Å². The van der Waals surface area contributed by atoms with Crippen molar-refractivity contribution in [1.82, 2.24) is 14.9 Å². The van der Waals surface area contributed by atoms with Crippen molar-refractivity contribution in [2.45, 2.75) is 19.4 Å². The van der Waals surface area contributed by atoms with Crippen molar-refractivity contribution in [2.24, 2.45) is 5.92 Å². The molecule has 0 bridgehead atoms. The molecule has 0 atom stereocenters. The third-order valence-electron chi connectivity index (χ3n) is 5.16. The lowest BCUT2D eigenvalue weighted by molar-refractivity contribution is 0.181. The normalized spacial score (nSPS) is 16.1. The molecule has 5 nitrogen and oxygen atoms in total. The molecule has 0 unspecified atom stereocenters. The van der Waals surface area contributed by atoms with Gasteiger partial charge >= 0.3 is 0 Å². The van der Waals surface area contributed by atoms with E-state index in [0.717, 1.165) is 55.0 Å². The molecule has 2 heterocycles. The molecular weight excluding hydrogens is 383 g/mol. The van der Waals surface area contributed by atoms with Crippen LogP contribution in [0, 0.1) is 5.92 Å². The molecule has 0 saturated carbocycles. The molecular formula is C20H22Cl2N4O. The number of imidazole rings is 1. The summed E-state index contributed by atoms with van der Waals surface area (Å²) in [5, 5.41) is 14.4. The summed E-state index contributed by atoms with van der Waals surface area (Å²) >= 11 is 12.1. The average Bonchev–Trinajstić information content (AvgIpc) is 3.08. The number of likely N-dealkylation sites (tertiary alicyclic amines) is 1. The minimum atomic E-state index is 0.134. The van der Waals surface area contributed by atoms with Gasteiger partial charge in [-0.25, -0.2) is 4.98 Å². The van der Waals surface area contributed by atoms with Gasteiger partial charge in [0.25, 0.3) is 0 Å². The Kier molecular flexibility index (Phi) is 5.43. The van der Waals surface area contributed by atoms with Gasteiger partial charge in [0.1, 0.15) is 5.75 Å². The van der Waals surface area contributed by atoms with Gasteiger partial charge in [-0.3, -0.25) is 4.90 Å². The second kappa shape index (κ2) is 7.97. The molecule has 1 aromatic heterocycles. The Morgan fingerprint density at radius 1 is 1.19 bits per heavy atom. The molecule has 1 aliphatic rings. The smallest absolute Gasteiger partial charge is 0.201 e. The van der Waals surface area contributed by atoms with E-state index in [4.69, 9.17) is 23.2 Å². The van der Waals surface area contributed by atoms with E-state index in [1.54, 1.807) is 12.1 Å². The first-order valence-electron chi connectivity index (χ1n) is 9.16. The standard InChI is InChI=1S/C20H22Cl2N4O/c21-15-9-14(19(27)16(22)10-15)12-26-7-5-13(6-8-26)11-23-20-24-17-3-1-2-4-18(17)25-20/h1-4,9-10,13,27H,5-8,11-12H2,(H2,23,24,25). The monoisotopic (exact) mass is 404 g/mol. The molecule has 0 amide bonds. The third-order valence-corrected chi connectivity index (χ3v) is 5.66. The number of benzene rings is 2. The van der Waals surface area contributed by atoms with Gasteiger partial charge in [-0.2, -0.15) is 0 Å². The molecule has 1 aliphatic heterocycles. The number of aromatic hydroxyl groups is 1. The highest BCUT2D eigenvalue weighted by Crippen LogP contribution is 2.32. The topological polar surface area (TPSA) is 64.2 Å². The molecule has 142 valence electrons. The number of fused-ring (bicyclic) bond motifs is 1. The van der Waals surface area contributed by atoms with Gasteiger partial charge in [0.2, 0.25) is 5.95 Å². The van der Waals surface area contributed by atoms with E-state index in [1.807, 2.05) is 24.3 Å². The summed E-state index contributed by atoms with van der Waals surface area (Å²) in [7, 11) is 0. The van der Waals surface area contributed by atoms with Gasteiger partial charge in [-0.15, -0.1) is 0 Å². The van der Waals surface area contributed by atoms with Crippen molar-refractivity contribution in [3.8, 4) is 5.75 Å². The SMILES string of the molecule is Oc1c(Cl)cc(Cl)cc1CN1CCC(CNc2nc3ccccc3[nH]2)CC1. The fourth-order valence-electron chi connectivity index (χ4n) is 3.61. The number of hydrogen-bond donors (Lipinski definition) is 3. The van der Waals surface area contributed by atoms with Crippen LogP contribution in [0.15, 0.2) is 36.4 Å². The number of phenols is 1. The fourth-order valence-corrected chi connectivity index (χ4v) is 4.14. The van der Waals surface area contributed by atoms with E-state index in [-0.39, 0.29) is 5.75 Å². The first kappa shape index (κ1) is 18.4. The second-order valence-corrected chi connectivity index (χ2v) is 7.94. The number of aromatic nitrogens is 2. The zero-order valence-electron chi connectivity index (χ0n) is 14.9. The Morgan fingerprint density at radius 2 is 1.96 bits per heavy atom. The van der Waals surface area contributed by atoms with Crippen molar-refractivity contribution < 1.29 is 5.11 Å². The van der Waals surface area contributed by atoms with Crippen LogP contribution < -0.4 is 5.32 Å². The molecule has 0 radical (unpaired) electrons. The number of hydrogen-bond acceptors (Lipinski definition) is 4. The highest BCUT2D eigenvalue weighted by atomic mass is 35.5. The fraction of sp³-hybridized carbons (Fsp3) is 0.350. The summed E-state index contributed by atoms with van der Waals surface area (Å²) in [5.74, 6) is 1.57. The lowest BCUT2D eigenvalue weighted by Gasteiger charge is -2.32. The van der Waals surface area contributed by atoms with Crippen molar-refractivity contribution >= 4 is 40.2 Å². The first-order chi connectivity index (χ1) is 13.1. The van der Waals surface area contributed by atoms with E-state index in [0.29, 0.717) is 22.5 Å². The van der Waals surface area contributed by atoms with Crippen molar-refractivity contribution in [3.05, 3.63) is 52.0 Å². The lowest BCUT2D eigenvalue weighted by Crippen LogP contribution is -2.35. The summed E-state index contributed by atoms with van der Waals surface area (Å²) in [5.41, 5.74) is 2.82. The number of rotatable bonds is 5. The molecule has 4 rings (SSSR count). The van der Waals surface area contributed by atoms with Crippen LogP contribution in [0.3, 0.4) is 0 Å². The van der Waals surface area contributed by atoms with Crippen molar-refractivity contribution in [3.63, 3.8) is 0 Å². The van der Waals surface area contributed by atoms with Crippen LogP contribution in [-0.2, 0) is 6.54 Å². The predicted molar refractivity (Wildman–Crippen MR) is 111 cm³/mol. The van der Waals surface area contributed by atoms with Crippen LogP contribution in [-0.4, -0.2) is 39.6 Å². The van der Waals surface area contributed by atoms with Crippen molar-refractivity contribution in [2.75, 3.05) is 25.0 Å². The number of anilines is 1. The number of phenolic OH excluding ortho intramolecular Hbond substituents is 1. The van der Waals surface area contributed by atoms with E-state index in [9.17, 15) is 5.11 Å². The number of halogens is 2. The van der Waals surface area contributed by atoms with Crippen LogP contribution in [0.4, 0.5) is 5.95 Å². The minimum Gasteiger partial charge on any atom is -0.506 e. The number of aromatic amines is 1. The number of nitrogens with one attached hydrogen (secondary N) is 2. The van der Waals surface area contributed by atoms with Crippen molar-refractivity contribution in [1.29, 1.82) is 0 Å². The summed E-state index contributed by atoms with van der Waals surface area (Å²) < 4.78 is 0. The zero-order chi connectivity index (χ0) is 18.8. The van der Waals surface area contributed by atoms with Crippen LogP contribution in [0.25, 0.3) is 11.0 Å². The van der Waals surface area contributed by atoms with E-state index < -0.39 is 0 Å². The number of nitrogens with zero attached hydrogens (tertiary/aromatic N) is 2.